The summed E-state index contributed by atoms with van der Waals surface area (Å²) in [6, 6.07) is 8.15. The summed E-state index contributed by atoms with van der Waals surface area (Å²) in [6.45, 7) is 4.04. The van der Waals surface area contributed by atoms with Gasteiger partial charge in [-0.2, -0.15) is 5.10 Å². The average Bonchev–Trinajstić information content (AvgIpc) is 2.48. The second-order valence-corrected chi connectivity index (χ2v) is 4.78. The fourth-order valence-corrected chi connectivity index (χ4v) is 2.48. The molecule has 5 heteroatoms. The zero-order chi connectivity index (χ0) is 13.2. The molecule has 1 aliphatic rings. The Labute approximate surface area is 111 Å². The molecule has 1 unspecified atom stereocenters. The Morgan fingerprint density at radius 1 is 1.32 bits per heavy atom. The third-order valence-electron chi connectivity index (χ3n) is 3.49. The van der Waals surface area contributed by atoms with Crippen molar-refractivity contribution in [2.75, 3.05) is 31.2 Å². The first-order chi connectivity index (χ1) is 9.29. The maximum Gasteiger partial charge on any atom is 0.159 e. The molecule has 0 radical (unpaired) electrons. The zero-order valence-corrected chi connectivity index (χ0v) is 10.9. The van der Waals surface area contributed by atoms with Crippen LogP contribution in [0.1, 0.15) is 5.69 Å². The minimum atomic E-state index is -0.143. The van der Waals surface area contributed by atoms with Gasteiger partial charge in [0.1, 0.15) is 0 Å². The van der Waals surface area contributed by atoms with Crippen molar-refractivity contribution in [3.05, 3.63) is 30.0 Å². The summed E-state index contributed by atoms with van der Waals surface area (Å²) in [5, 5.41) is 20.0. The average molecular weight is 259 g/mol. The Bertz CT molecular complexity index is 588. The molecule has 0 bridgehead atoms. The van der Waals surface area contributed by atoms with Gasteiger partial charge in [0.25, 0.3) is 0 Å². The number of aliphatic hydroxyl groups is 1. The maximum atomic E-state index is 9.23. The summed E-state index contributed by atoms with van der Waals surface area (Å²) < 4.78 is 5.47. The number of benzene rings is 1. The molecule has 2 heterocycles. The standard InChI is InChI=1S/C14H17N3O2/c1-10-12-4-2-3-5-13(12)14(16-15-10)17-6-7-19-11(8-17)9-18/h2-5,11,18H,6-9H2,1H3. The lowest BCUT2D eigenvalue weighted by Crippen LogP contribution is -2.44. The number of hydrogen-bond donors (Lipinski definition) is 1. The second kappa shape index (κ2) is 5.11. The van der Waals surface area contributed by atoms with Crippen molar-refractivity contribution in [2.24, 2.45) is 0 Å². The lowest BCUT2D eigenvalue weighted by molar-refractivity contribution is 0.00340. The van der Waals surface area contributed by atoms with Crippen LogP contribution >= 0.6 is 0 Å². The molecule has 0 spiro atoms. The molecular weight excluding hydrogens is 242 g/mol. The molecule has 5 nitrogen and oxygen atoms in total. The highest BCUT2D eigenvalue weighted by atomic mass is 16.5. The van der Waals surface area contributed by atoms with Gasteiger partial charge < -0.3 is 14.7 Å². The van der Waals surface area contributed by atoms with Gasteiger partial charge in [0.2, 0.25) is 0 Å². The van der Waals surface area contributed by atoms with Gasteiger partial charge in [-0.3, -0.25) is 0 Å². The topological polar surface area (TPSA) is 58.5 Å². The van der Waals surface area contributed by atoms with Crippen LogP contribution in [0.2, 0.25) is 0 Å². The first kappa shape index (κ1) is 12.3. The van der Waals surface area contributed by atoms with E-state index >= 15 is 0 Å². The van der Waals surface area contributed by atoms with E-state index in [0.717, 1.165) is 28.8 Å². The highest BCUT2D eigenvalue weighted by Gasteiger charge is 2.22. The molecule has 0 aliphatic carbocycles. The predicted octanol–water partition coefficient (Wildman–Crippen LogP) is 1.14. The number of fused-ring (bicyclic) bond motifs is 1. The van der Waals surface area contributed by atoms with E-state index < -0.39 is 0 Å². The number of rotatable bonds is 2. The molecule has 100 valence electrons. The summed E-state index contributed by atoms with van der Waals surface area (Å²) in [7, 11) is 0. The van der Waals surface area contributed by atoms with E-state index in [1.807, 2.05) is 19.1 Å². The van der Waals surface area contributed by atoms with E-state index in [9.17, 15) is 5.11 Å². The van der Waals surface area contributed by atoms with Crippen LogP contribution in [0.5, 0.6) is 0 Å². The van der Waals surface area contributed by atoms with Crippen LogP contribution in [0.4, 0.5) is 5.82 Å². The lowest BCUT2D eigenvalue weighted by Gasteiger charge is -2.33. The van der Waals surface area contributed by atoms with Crippen LogP contribution in [0.25, 0.3) is 10.8 Å². The molecule has 1 aromatic carbocycles. The fraction of sp³-hybridized carbons (Fsp3) is 0.429. The largest absolute Gasteiger partial charge is 0.394 e. The predicted molar refractivity (Wildman–Crippen MR) is 73.3 cm³/mol. The van der Waals surface area contributed by atoms with E-state index in [-0.39, 0.29) is 12.7 Å². The van der Waals surface area contributed by atoms with Crippen molar-refractivity contribution in [1.29, 1.82) is 0 Å². The van der Waals surface area contributed by atoms with Crippen LogP contribution in [-0.4, -0.2) is 47.7 Å². The number of aromatic nitrogens is 2. The van der Waals surface area contributed by atoms with Gasteiger partial charge >= 0.3 is 0 Å². The quantitative estimate of drug-likeness (QED) is 0.876. The number of anilines is 1. The number of nitrogens with zero attached hydrogens (tertiary/aromatic N) is 3. The minimum absolute atomic E-state index is 0.0354. The molecule has 1 fully saturated rings. The smallest absolute Gasteiger partial charge is 0.159 e. The normalized spacial score (nSPS) is 19.9. The molecule has 0 saturated carbocycles. The van der Waals surface area contributed by atoms with Gasteiger partial charge in [-0.25, -0.2) is 0 Å². The summed E-state index contributed by atoms with van der Waals surface area (Å²) >= 11 is 0. The van der Waals surface area contributed by atoms with Gasteiger partial charge in [0.05, 0.1) is 25.0 Å². The molecular formula is C14H17N3O2. The second-order valence-electron chi connectivity index (χ2n) is 4.78. The Hall–Kier alpha value is -1.72. The highest BCUT2D eigenvalue weighted by Crippen LogP contribution is 2.26. The van der Waals surface area contributed by atoms with Gasteiger partial charge in [0.15, 0.2) is 5.82 Å². The van der Waals surface area contributed by atoms with Crippen molar-refractivity contribution in [3.8, 4) is 0 Å². The molecule has 1 N–H and O–H groups in total. The van der Waals surface area contributed by atoms with E-state index in [4.69, 9.17) is 4.74 Å². The van der Waals surface area contributed by atoms with E-state index in [1.54, 1.807) is 0 Å². The van der Waals surface area contributed by atoms with Crippen molar-refractivity contribution in [2.45, 2.75) is 13.0 Å². The molecule has 0 amide bonds. The third kappa shape index (κ3) is 2.27. The van der Waals surface area contributed by atoms with E-state index in [1.165, 1.54) is 0 Å². The van der Waals surface area contributed by atoms with Gasteiger partial charge in [-0.15, -0.1) is 5.10 Å². The third-order valence-corrected chi connectivity index (χ3v) is 3.49. The lowest BCUT2D eigenvalue weighted by atomic mass is 10.1. The first-order valence-electron chi connectivity index (χ1n) is 6.49. The van der Waals surface area contributed by atoms with Crippen LogP contribution in [0.3, 0.4) is 0 Å². The van der Waals surface area contributed by atoms with Crippen LogP contribution < -0.4 is 4.90 Å². The summed E-state index contributed by atoms with van der Waals surface area (Å²) in [6.07, 6.45) is -0.143. The molecule has 1 saturated heterocycles. The van der Waals surface area contributed by atoms with Gasteiger partial charge in [0, 0.05) is 23.9 Å². The van der Waals surface area contributed by atoms with E-state index in [0.29, 0.717) is 13.2 Å². The van der Waals surface area contributed by atoms with Crippen LogP contribution in [-0.2, 0) is 4.74 Å². The Kier molecular flexibility index (Phi) is 3.31. The maximum absolute atomic E-state index is 9.23. The minimum Gasteiger partial charge on any atom is -0.394 e. The molecule has 19 heavy (non-hydrogen) atoms. The Balaban J connectivity index is 2.03. The first-order valence-corrected chi connectivity index (χ1v) is 6.49. The van der Waals surface area contributed by atoms with Crippen molar-refractivity contribution < 1.29 is 9.84 Å². The summed E-state index contributed by atoms with van der Waals surface area (Å²) in [4.78, 5) is 2.14. The van der Waals surface area contributed by atoms with Gasteiger partial charge in [-0.05, 0) is 6.92 Å². The summed E-state index contributed by atoms with van der Waals surface area (Å²) in [5.74, 6) is 0.878. The SMILES string of the molecule is Cc1nnc(N2CCOC(CO)C2)c2ccccc12. The van der Waals surface area contributed by atoms with Gasteiger partial charge in [-0.1, -0.05) is 24.3 Å². The number of morpholine rings is 1. The zero-order valence-electron chi connectivity index (χ0n) is 10.9. The Morgan fingerprint density at radius 2 is 2.11 bits per heavy atom. The van der Waals surface area contributed by atoms with Crippen molar-refractivity contribution >= 4 is 16.6 Å². The number of aryl methyl sites for hydroxylation is 1. The number of ether oxygens (including phenoxy) is 1. The Morgan fingerprint density at radius 3 is 2.89 bits per heavy atom. The van der Waals surface area contributed by atoms with Crippen molar-refractivity contribution in [3.63, 3.8) is 0 Å². The number of hydrogen-bond acceptors (Lipinski definition) is 5. The fourth-order valence-electron chi connectivity index (χ4n) is 2.48. The van der Waals surface area contributed by atoms with Crippen molar-refractivity contribution in [1.82, 2.24) is 10.2 Å². The highest BCUT2D eigenvalue weighted by molar-refractivity contribution is 5.93. The molecule has 3 rings (SSSR count). The van der Waals surface area contributed by atoms with Crippen LogP contribution in [0, 0.1) is 6.92 Å². The van der Waals surface area contributed by atoms with E-state index in [2.05, 4.69) is 27.2 Å². The number of aliphatic hydroxyl groups excluding tert-OH is 1. The monoisotopic (exact) mass is 259 g/mol. The molecule has 1 atom stereocenters. The molecule has 2 aromatic rings. The molecule has 1 aliphatic heterocycles. The van der Waals surface area contributed by atoms with Crippen LogP contribution in [0.15, 0.2) is 24.3 Å². The molecule has 1 aromatic heterocycles. The summed E-state index contributed by atoms with van der Waals surface area (Å²) in [5.41, 5.74) is 0.936.